The first-order valence-electron chi connectivity index (χ1n) is 6.55. The maximum absolute atomic E-state index is 9.70. The third kappa shape index (κ3) is 2.66. The van der Waals surface area contributed by atoms with Crippen LogP contribution in [0.25, 0.3) is 0 Å². The van der Waals surface area contributed by atoms with E-state index in [4.69, 9.17) is 10.9 Å². The van der Waals surface area contributed by atoms with Crippen molar-refractivity contribution in [2.45, 2.75) is 26.4 Å². The van der Waals surface area contributed by atoms with Crippen LogP contribution in [0.2, 0.25) is 0 Å². The molecule has 19 heavy (non-hydrogen) atoms. The largest absolute Gasteiger partial charge is 0.409 e. The van der Waals surface area contributed by atoms with Gasteiger partial charge in [0.25, 0.3) is 0 Å². The monoisotopic (exact) mass is 263 g/mol. The highest BCUT2D eigenvalue weighted by Crippen LogP contribution is 2.31. The summed E-state index contributed by atoms with van der Waals surface area (Å²) < 4.78 is 0. The first-order chi connectivity index (χ1) is 9.04. The predicted molar refractivity (Wildman–Crippen MR) is 75.7 cm³/mol. The zero-order valence-corrected chi connectivity index (χ0v) is 11.4. The van der Waals surface area contributed by atoms with E-state index in [1.165, 1.54) is 0 Å². The second-order valence-electron chi connectivity index (χ2n) is 5.19. The number of aliphatic hydroxyl groups excluding tert-OH is 1. The average Bonchev–Trinajstić information content (AvgIpc) is 2.87. The normalized spacial score (nSPS) is 21.7. The van der Waals surface area contributed by atoms with Crippen LogP contribution >= 0.6 is 0 Å². The third-order valence-corrected chi connectivity index (χ3v) is 3.84. The standard InChI is InChI=1S/C14H21N3O2/c1-9-4-3-5-12(14(15)16-19)13(9)17-7-6-11(8-17)10(2)18/h3-5,10-11,18-19H,6-8H2,1-2H3,(H2,15,16). The lowest BCUT2D eigenvalue weighted by Gasteiger charge is -2.24. The summed E-state index contributed by atoms with van der Waals surface area (Å²) >= 11 is 0. The van der Waals surface area contributed by atoms with E-state index >= 15 is 0 Å². The number of aliphatic hydroxyl groups is 1. The molecule has 104 valence electrons. The molecular formula is C14H21N3O2. The van der Waals surface area contributed by atoms with Crippen LogP contribution < -0.4 is 10.6 Å². The van der Waals surface area contributed by atoms with Crippen LogP contribution in [0, 0.1) is 12.8 Å². The number of aryl methyl sites for hydroxylation is 1. The van der Waals surface area contributed by atoms with Crippen molar-refractivity contribution in [2.75, 3.05) is 18.0 Å². The van der Waals surface area contributed by atoms with Crippen LogP contribution in [0.5, 0.6) is 0 Å². The van der Waals surface area contributed by atoms with E-state index in [1.807, 2.05) is 32.0 Å². The summed E-state index contributed by atoms with van der Waals surface area (Å²) in [6.45, 7) is 5.52. The van der Waals surface area contributed by atoms with Crippen molar-refractivity contribution in [3.63, 3.8) is 0 Å². The molecular weight excluding hydrogens is 242 g/mol. The second-order valence-corrected chi connectivity index (χ2v) is 5.19. The number of hydrogen-bond acceptors (Lipinski definition) is 4. The molecule has 1 aliphatic heterocycles. The summed E-state index contributed by atoms with van der Waals surface area (Å²) in [5, 5.41) is 21.7. The molecule has 2 unspecified atom stereocenters. The molecule has 1 saturated heterocycles. The van der Waals surface area contributed by atoms with Crippen LogP contribution in [0.15, 0.2) is 23.4 Å². The lowest BCUT2D eigenvalue weighted by molar-refractivity contribution is 0.136. The Morgan fingerprint density at radius 2 is 2.26 bits per heavy atom. The SMILES string of the molecule is Cc1cccc(/C(N)=N/O)c1N1CCC(C(C)O)C1. The molecule has 0 saturated carbocycles. The summed E-state index contributed by atoms with van der Waals surface area (Å²) in [4.78, 5) is 2.21. The Hall–Kier alpha value is -1.75. The topological polar surface area (TPSA) is 82.1 Å². The predicted octanol–water partition coefficient (Wildman–Crippen LogP) is 1.30. The zero-order valence-electron chi connectivity index (χ0n) is 11.4. The van der Waals surface area contributed by atoms with E-state index in [-0.39, 0.29) is 17.9 Å². The van der Waals surface area contributed by atoms with Crippen LogP contribution in [-0.4, -0.2) is 35.3 Å². The molecule has 1 aromatic carbocycles. The van der Waals surface area contributed by atoms with Gasteiger partial charge < -0.3 is 20.9 Å². The van der Waals surface area contributed by atoms with Gasteiger partial charge in [-0.15, -0.1) is 0 Å². The molecule has 0 spiro atoms. The van der Waals surface area contributed by atoms with E-state index in [0.717, 1.165) is 36.3 Å². The molecule has 0 bridgehead atoms. The number of hydrogen-bond donors (Lipinski definition) is 3. The van der Waals surface area contributed by atoms with Gasteiger partial charge in [-0.3, -0.25) is 0 Å². The molecule has 2 rings (SSSR count). The minimum absolute atomic E-state index is 0.124. The number of rotatable bonds is 3. The van der Waals surface area contributed by atoms with Gasteiger partial charge in [0.05, 0.1) is 11.8 Å². The van der Waals surface area contributed by atoms with E-state index in [1.54, 1.807) is 0 Å². The molecule has 4 N–H and O–H groups in total. The molecule has 2 atom stereocenters. The lowest BCUT2D eigenvalue weighted by atomic mass is 10.0. The Bertz CT molecular complexity index is 486. The maximum atomic E-state index is 9.70. The Kier molecular flexibility index (Phi) is 3.95. The number of nitrogens with two attached hydrogens (primary N) is 1. The van der Waals surface area contributed by atoms with Crippen molar-refractivity contribution in [3.8, 4) is 0 Å². The van der Waals surface area contributed by atoms with E-state index in [0.29, 0.717) is 0 Å². The number of amidine groups is 1. The summed E-state index contributed by atoms with van der Waals surface area (Å²) in [5.74, 6) is 0.402. The van der Waals surface area contributed by atoms with E-state index < -0.39 is 0 Å². The van der Waals surface area contributed by atoms with Gasteiger partial charge in [-0.2, -0.15) is 0 Å². The van der Waals surface area contributed by atoms with Gasteiger partial charge in [-0.05, 0) is 31.9 Å². The van der Waals surface area contributed by atoms with Crippen LogP contribution in [-0.2, 0) is 0 Å². The van der Waals surface area contributed by atoms with E-state index in [2.05, 4.69) is 10.1 Å². The summed E-state index contributed by atoms with van der Waals surface area (Å²) in [5.41, 5.74) is 8.59. The fourth-order valence-electron chi connectivity index (χ4n) is 2.72. The van der Waals surface area contributed by atoms with Crippen LogP contribution in [0.1, 0.15) is 24.5 Å². The van der Waals surface area contributed by atoms with Crippen molar-refractivity contribution < 1.29 is 10.3 Å². The maximum Gasteiger partial charge on any atom is 0.172 e. The van der Waals surface area contributed by atoms with Gasteiger partial charge in [-0.25, -0.2) is 0 Å². The van der Waals surface area contributed by atoms with Gasteiger partial charge in [-0.1, -0.05) is 17.3 Å². The first-order valence-corrected chi connectivity index (χ1v) is 6.55. The smallest absolute Gasteiger partial charge is 0.172 e. The van der Waals surface area contributed by atoms with Gasteiger partial charge in [0.1, 0.15) is 0 Å². The number of nitrogens with zero attached hydrogens (tertiary/aromatic N) is 2. The summed E-state index contributed by atoms with van der Waals surface area (Å²) in [7, 11) is 0. The molecule has 5 nitrogen and oxygen atoms in total. The summed E-state index contributed by atoms with van der Waals surface area (Å²) in [6.07, 6.45) is 0.656. The molecule has 0 aromatic heterocycles. The van der Waals surface area contributed by atoms with Gasteiger partial charge >= 0.3 is 0 Å². The Balaban J connectivity index is 2.35. The van der Waals surface area contributed by atoms with Crippen molar-refractivity contribution in [1.82, 2.24) is 0 Å². The fourth-order valence-corrected chi connectivity index (χ4v) is 2.72. The second kappa shape index (κ2) is 5.48. The fraction of sp³-hybridized carbons (Fsp3) is 0.500. The number of oxime groups is 1. The molecule has 1 aliphatic rings. The molecule has 0 aliphatic carbocycles. The third-order valence-electron chi connectivity index (χ3n) is 3.84. The number of benzene rings is 1. The highest BCUT2D eigenvalue weighted by molar-refractivity contribution is 6.02. The average molecular weight is 263 g/mol. The van der Waals surface area contributed by atoms with Gasteiger partial charge in [0, 0.05) is 24.6 Å². The highest BCUT2D eigenvalue weighted by Gasteiger charge is 2.28. The van der Waals surface area contributed by atoms with Crippen molar-refractivity contribution in [2.24, 2.45) is 16.8 Å². The molecule has 0 amide bonds. The molecule has 1 aromatic rings. The molecule has 5 heteroatoms. The minimum Gasteiger partial charge on any atom is -0.409 e. The van der Waals surface area contributed by atoms with Crippen LogP contribution in [0.3, 0.4) is 0 Å². The van der Waals surface area contributed by atoms with E-state index in [9.17, 15) is 5.11 Å². The van der Waals surface area contributed by atoms with Crippen molar-refractivity contribution in [1.29, 1.82) is 0 Å². The molecule has 0 radical (unpaired) electrons. The number of para-hydroxylation sites is 1. The Labute approximate surface area is 113 Å². The lowest BCUT2D eigenvalue weighted by Crippen LogP contribution is -2.27. The van der Waals surface area contributed by atoms with Crippen molar-refractivity contribution >= 4 is 11.5 Å². The van der Waals surface area contributed by atoms with Gasteiger partial charge in [0.15, 0.2) is 5.84 Å². The molecule has 1 heterocycles. The Morgan fingerprint density at radius 3 is 2.84 bits per heavy atom. The number of anilines is 1. The van der Waals surface area contributed by atoms with Crippen molar-refractivity contribution in [3.05, 3.63) is 29.3 Å². The van der Waals surface area contributed by atoms with Gasteiger partial charge in [0.2, 0.25) is 0 Å². The molecule has 1 fully saturated rings. The van der Waals surface area contributed by atoms with Crippen LogP contribution in [0.4, 0.5) is 5.69 Å². The summed E-state index contributed by atoms with van der Waals surface area (Å²) in [6, 6.07) is 5.76. The quantitative estimate of drug-likeness (QED) is 0.332. The first kappa shape index (κ1) is 13.7. The Morgan fingerprint density at radius 1 is 1.53 bits per heavy atom. The highest BCUT2D eigenvalue weighted by atomic mass is 16.4. The zero-order chi connectivity index (χ0) is 14.0. The minimum atomic E-state index is -0.304.